The predicted octanol–water partition coefficient (Wildman–Crippen LogP) is 0.514. The number of esters is 1. The Kier molecular flexibility index (Phi) is 5.56. The zero-order chi connectivity index (χ0) is 14.6. The van der Waals surface area contributed by atoms with Gasteiger partial charge in [0.1, 0.15) is 0 Å². The Morgan fingerprint density at radius 1 is 1.47 bits per heavy atom. The molecular formula is C12H16AsFO4S. The van der Waals surface area contributed by atoms with Crippen molar-refractivity contribution in [1.29, 1.82) is 0 Å². The molecule has 0 bridgehead atoms. The second kappa shape index (κ2) is 6.53. The van der Waals surface area contributed by atoms with Crippen molar-refractivity contribution in [1.82, 2.24) is 0 Å². The fraction of sp³-hybridized carbons (Fsp3) is 0.417. The van der Waals surface area contributed by atoms with Crippen LogP contribution in [0.25, 0.3) is 0 Å². The van der Waals surface area contributed by atoms with Gasteiger partial charge in [-0.05, 0) is 0 Å². The van der Waals surface area contributed by atoms with Crippen LogP contribution < -0.4 is 4.35 Å². The van der Waals surface area contributed by atoms with Crippen molar-refractivity contribution in [2.45, 2.75) is 19.8 Å². The van der Waals surface area contributed by atoms with Gasteiger partial charge in [0.15, 0.2) is 0 Å². The van der Waals surface area contributed by atoms with Crippen LogP contribution in [0.15, 0.2) is 18.2 Å². The van der Waals surface area contributed by atoms with E-state index in [1.165, 1.54) is 12.1 Å². The Morgan fingerprint density at radius 2 is 2.11 bits per heavy atom. The molecule has 0 saturated heterocycles. The van der Waals surface area contributed by atoms with Crippen LogP contribution in [0.2, 0.25) is 0 Å². The summed E-state index contributed by atoms with van der Waals surface area (Å²) >= 11 is -1.56. The first-order valence-electron chi connectivity index (χ1n) is 5.68. The van der Waals surface area contributed by atoms with E-state index in [0.29, 0.717) is 5.56 Å². The average Bonchev–Trinajstić information content (AvgIpc) is 2.29. The van der Waals surface area contributed by atoms with Crippen molar-refractivity contribution in [2.24, 2.45) is 0 Å². The van der Waals surface area contributed by atoms with E-state index in [-0.39, 0.29) is 11.0 Å². The number of hydrogen-bond acceptors (Lipinski definition) is 4. The molecule has 0 N–H and O–H groups in total. The standard InChI is InChI=1S/C12H16AsFO4S/c1-4-18-12(15)8(2)9-5-6-10(11(14)7-9)13-19(3,16)17/h5-8,13H,4H2,1-3H3. The van der Waals surface area contributed by atoms with Gasteiger partial charge in [0.25, 0.3) is 0 Å². The van der Waals surface area contributed by atoms with Crippen molar-refractivity contribution in [3.05, 3.63) is 29.6 Å². The maximum absolute atomic E-state index is 13.8. The molecule has 0 heterocycles. The van der Waals surface area contributed by atoms with Crippen molar-refractivity contribution < 1.29 is 22.3 Å². The summed E-state index contributed by atoms with van der Waals surface area (Å²) in [6, 6.07) is 4.24. The summed E-state index contributed by atoms with van der Waals surface area (Å²) in [5.41, 5.74) is 0.486. The van der Waals surface area contributed by atoms with Gasteiger partial charge in [-0.15, -0.1) is 0 Å². The first-order valence-corrected chi connectivity index (χ1v) is 11.2. The van der Waals surface area contributed by atoms with Crippen LogP contribution in [0.3, 0.4) is 0 Å². The molecule has 0 spiro atoms. The Morgan fingerprint density at radius 3 is 2.58 bits per heavy atom. The molecular weight excluding hydrogens is 334 g/mol. The minimum atomic E-state index is -3.16. The molecule has 0 aromatic heterocycles. The van der Waals surface area contributed by atoms with E-state index >= 15 is 0 Å². The van der Waals surface area contributed by atoms with E-state index in [0.717, 1.165) is 6.26 Å². The summed E-state index contributed by atoms with van der Waals surface area (Å²) in [7, 11) is -3.16. The molecule has 0 radical (unpaired) electrons. The first-order chi connectivity index (χ1) is 8.74. The fourth-order valence-electron chi connectivity index (χ4n) is 1.49. The van der Waals surface area contributed by atoms with Gasteiger partial charge in [0.2, 0.25) is 0 Å². The SMILES string of the molecule is CCOC(=O)C(C)c1ccc([AsH]S(C)(=O)=O)c(F)c1. The van der Waals surface area contributed by atoms with Crippen LogP contribution in [0.1, 0.15) is 25.3 Å². The molecule has 1 rings (SSSR count). The van der Waals surface area contributed by atoms with Gasteiger partial charge in [0, 0.05) is 0 Å². The van der Waals surface area contributed by atoms with Gasteiger partial charge in [-0.2, -0.15) is 0 Å². The van der Waals surface area contributed by atoms with Crippen LogP contribution in [-0.4, -0.2) is 41.8 Å². The number of rotatable bonds is 5. The van der Waals surface area contributed by atoms with Gasteiger partial charge < -0.3 is 0 Å². The van der Waals surface area contributed by atoms with E-state index in [2.05, 4.69) is 0 Å². The molecule has 106 valence electrons. The molecule has 0 aliphatic carbocycles. The van der Waals surface area contributed by atoms with Gasteiger partial charge in [-0.25, -0.2) is 0 Å². The summed E-state index contributed by atoms with van der Waals surface area (Å²) in [5, 5.41) is 0. The number of benzene rings is 1. The topological polar surface area (TPSA) is 60.4 Å². The van der Waals surface area contributed by atoms with Crippen molar-refractivity contribution in [3.63, 3.8) is 0 Å². The number of carbonyl (C=O) groups is 1. The predicted molar refractivity (Wildman–Crippen MR) is 73.1 cm³/mol. The molecule has 0 saturated carbocycles. The third-order valence-corrected chi connectivity index (χ3v) is 7.59. The molecule has 0 aliphatic heterocycles. The first kappa shape index (κ1) is 16.2. The van der Waals surface area contributed by atoms with E-state index in [1.54, 1.807) is 19.9 Å². The molecule has 2 unspecified atom stereocenters. The second-order valence-corrected chi connectivity index (χ2v) is 12.9. The summed E-state index contributed by atoms with van der Waals surface area (Å²) < 4.78 is 41.2. The molecule has 1 aromatic rings. The molecule has 2 atom stereocenters. The Labute approximate surface area is 117 Å². The molecule has 1 aromatic carbocycles. The van der Waals surface area contributed by atoms with Gasteiger partial charge in [-0.1, -0.05) is 0 Å². The van der Waals surface area contributed by atoms with Crippen LogP contribution in [0.5, 0.6) is 0 Å². The fourth-order valence-corrected chi connectivity index (χ4v) is 5.93. The third-order valence-electron chi connectivity index (χ3n) is 2.43. The Bertz CT molecular complexity index is 571. The van der Waals surface area contributed by atoms with Crippen LogP contribution in [0, 0.1) is 5.82 Å². The van der Waals surface area contributed by atoms with Gasteiger partial charge in [-0.3, -0.25) is 0 Å². The molecule has 0 fully saturated rings. The van der Waals surface area contributed by atoms with Crippen LogP contribution >= 0.6 is 0 Å². The molecule has 4 nitrogen and oxygen atoms in total. The maximum atomic E-state index is 13.8. The average molecular weight is 350 g/mol. The van der Waals surface area contributed by atoms with Crippen LogP contribution in [-0.2, 0) is 17.6 Å². The zero-order valence-corrected chi connectivity index (χ0v) is 13.9. The summed E-state index contributed by atoms with van der Waals surface area (Å²) in [5.74, 6) is -1.56. The monoisotopic (exact) mass is 350 g/mol. The Balaban J connectivity index is 2.96. The number of ether oxygens (including phenoxy) is 1. The molecule has 0 aliphatic rings. The molecule has 7 heteroatoms. The molecule has 19 heavy (non-hydrogen) atoms. The van der Waals surface area contributed by atoms with E-state index in [4.69, 9.17) is 4.74 Å². The Hall–Kier alpha value is -0.872. The quantitative estimate of drug-likeness (QED) is 0.574. The number of hydrogen-bond donors (Lipinski definition) is 0. The molecule has 0 amide bonds. The van der Waals surface area contributed by atoms with Crippen molar-refractivity contribution in [3.8, 4) is 0 Å². The van der Waals surface area contributed by atoms with Crippen molar-refractivity contribution in [2.75, 3.05) is 12.9 Å². The summed E-state index contributed by atoms with van der Waals surface area (Å²) in [6.45, 7) is 3.59. The third kappa shape index (κ3) is 4.95. The zero-order valence-electron chi connectivity index (χ0n) is 10.9. The van der Waals surface area contributed by atoms with E-state index < -0.39 is 40.4 Å². The second-order valence-electron chi connectivity index (χ2n) is 4.09. The van der Waals surface area contributed by atoms with Crippen molar-refractivity contribution >= 4 is 33.0 Å². The summed E-state index contributed by atoms with van der Waals surface area (Å²) in [6.07, 6.45) is 1.10. The van der Waals surface area contributed by atoms with Gasteiger partial charge in [0.05, 0.1) is 0 Å². The van der Waals surface area contributed by atoms with E-state index in [9.17, 15) is 17.6 Å². The van der Waals surface area contributed by atoms with Gasteiger partial charge >= 0.3 is 118 Å². The van der Waals surface area contributed by atoms with Crippen LogP contribution in [0.4, 0.5) is 4.39 Å². The summed E-state index contributed by atoms with van der Waals surface area (Å²) in [4.78, 5) is 11.5. The minimum absolute atomic E-state index is 0.224. The number of halogens is 1. The van der Waals surface area contributed by atoms with E-state index in [1.807, 2.05) is 0 Å². The normalized spacial score (nSPS) is 13.7. The number of carbonyl (C=O) groups excluding carboxylic acids is 1.